The molecule has 0 aliphatic carbocycles. The fourth-order valence-electron chi connectivity index (χ4n) is 5.40. The molecule has 0 aromatic heterocycles. The van der Waals surface area contributed by atoms with Gasteiger partial charge in [-0.3, -0.25) is 9.10 Å². The van der Waals surface area contributed by atoms with E-state index >= 15 is 0 Å². The Hall–Kier alpha value is -4.15. The maximum Gasteiger partial charge on any atom is 0.338 e. The number of carbonyl (C=O) groups excluding carboxylic acids is 2. The Morgan fingerprint density at radius 1 is 0.976 bits per heavy atom. The molecule has 3 aromatic rings. The van der Waals surface area contributed by atoms with Crippen molar-refractivity contribution in [2.24, 2.45) is 0 Å². The molecule has 10 heteroatoms. The Morgan fingerprint density at radius 3 is 2.36 bits per heavy atom. The molecule has 9 nitrogen and oxygen atoms in total. The normalized spacial score (nSPS) is 16.4. The van der Waals surface area contributed by atoms with E-state index < -0.39 is 16.0 Å². The van der Waals surface area contributed by atoms with Crippen LogP contribution < -0.4 is 14.9 Å². The number of hydrogen-bond donors (Lipinski definition) is 2. The van der Waals surface area contributed by atoms with Crippen LogP contribution in [-0.4, -0.2) is 64.2 Å². The number of sulfonamides is 1. The van der Waals surface area contributed by atoms with Gasteiger partial charge in [0, 0.05) is 24.3 Å². The highest BCUT2D eigenvalue weighted by molar-refractivity contribution is 7.92. The predicted octanol–water partition coefficient (Wildman–Crippen LogP) is 5.05. The highest BCUT2D eigenvalue weighted by Gasteiger charge is 2.29. The molecule has 1 saturated heterocycles. The zero-order chi connectivity index (χ0) is 29.7. The van der Waals surface area contributed by atoms with E-state index in [1.165, 1.54) is 17.0 Å². The van der Waals surface area contributed by atoms with Gasteiger partial charge in [-0.2, -0.15) is 0 Å². The number of rotatable bonds is 10. The lowest BCUT2D eigenvalue weighted by Crippen LogP contribution is -2.40. The summed E-state index contributed by atoms with van der Waals surface area (Å²) < 4.78 is 31.9. The summed E-state index contributed by atoms with van der Waals surface area (Å²) in [5.74, 6) is -0.748. The van der Waals surface area contributed by atoms with Crippen LogP contribution in [0.15, 0.2) is 72.8 Å². The summed E-state index contributed by atoms with van der Waals surface area (Å²) in [6.45, 7) is 5.07. The van der Waals surface area contributed by atoms with Crippen LogP contribution in [0.5, 0.6) is 0 Å². The van der Waals surface area contributed by atoms with Gasteiger partial charge < -0.3 is 20.3 Å². The average Bonchev–Trinajstić information content (AvgIpc) is 3.31. The molecule has 2 aliphatic heterocycles. The van der Waals surface area contributed by atoms with Crippen molar-refractivity contribution in [1.29, 1.82) is 0 Å². The Balaban J connectivity index is 1.45. The third-order valence-corrected chi connectivity index (χ3v) is 8.67. The largest absolute Gasteiger partial charge is 0.462 e. The second-order valence-corrected chi connectivity index (χ2v) is 12.4. The van der Waals surface area contributed by atoms with Gasteiger partial charge in [-0.25, -0.2) is 13.2 Å². The van der Waals surface area contributed by atoms with E-state index in [0.29, 0.717) is 52.5 Å². The molecule has 220 valence electrons. The monoisotopic (exact) mass is 588 g/mol. The zero-order valence-corrected chi connectivity index (χ0v) is 24.7. The first-order valence-electron chi connectivity index (χ1n) is 14.2. The van der Waals surface area contributed by atoms with Crippen LogP contribution in [0.4, 0.5) is 17.1 Å². The third-order valence-electron chi connectivity index (χ3n) is 7.48. The van der Waals surface area contributed by atoms with Crippen LogP contribution in [0.25, 0.3) is 11.3 Å². The molecule has 0 saturated carbocycles. The van der Waals surface area contributed by atoms with Gasteiger partial charge in [0.25, 0.3) is 5.91 Å². The van der Waals surface area contributed by atoms with Crippen LogP contribution in [0.1, 0.15) is 47.7 Å². The van der Waals surface area contributed by atoms with E-state index in [0.717, 1.165) is 31.5 Å². The zero-order valence-electron chi connectivity index (χ0n) is 23.9. The van der Waals surface area contributed by atoms with Gasteiger partial charge in [-0.1, -0.05) is 42.8 Å². The molecule has 5 rings (SSSR count). The number of benzene rings is 3. The van der Waals surface area contributed by atoms with E-state index in [4.69, 9.17) is 4.74 Å². The fraction of sp³-hybridized carbons (Fsp3) is 0.312. The number of nitrogens with zero attached hydrogens (tertiary/aromatic N) is 2. The molecule has 3 aromatic carbocycles. The molecule has 2 heterocycles. The molecule has 0 radical (unpaired) electrons. The van der Waals surface area contributed by atoms with Crippen molar-refractivity contribution >= 4 is 50.2 Å². The lowest BCUT2D eigenvalue weighted by molar-refractivity contribution is -0.110. The van der Waals surface area contributed by atoms with Crippen molar-refractivity contribution in [1.82, 2.24) is 4.90 Å². The first-order chi connectivity index (χ1) is 20.2. The summed E-state index contributed by atoms with van der Waals surface area (Å²) >= 11 is 0. The lowest BCUT2D eigenvalue weighted by atomic mass is 9.99. The smallest absolute Gasteiger partial charge is 0.338 e. The number of amides is 1. The van der Waals surface area contributed by atoms with Crippen molar-refractivity contribution in [3.05, 3.63) is 89.5 Å². The number of carbonyl (C=O) groups is 2. The Bertz CT molecular complexity index is 1580. The second kappa shape index (κ2) is 12.8. The first-order valence-corrected chi connectivity index (χ1v) is 16.1. The van der Waals surface area contributed by atoms with Crippen molar-refractivity contribution in [3.8, 4) is 0 Å². The van der Waals surface area contributed by atoms with E-state index in [1.807, 2.05) is 42.5 Å². The van der Waals surface area contributed by atoms with Crippen molar-refractivity contribution in [2.45, 2.75) is 26.2 Å². The molecule has 0 bridgehead atoms. The van der Waals surface area contributed by atoms with Crippen LogP contribution in [0.3, 0.4) is 0 Å². The van der Waals surface area contributed by atoms with Crippen LogP contribution >= 0.6 is 0 Å². The van der Waals surface area contributed by atoms with E-state index in [2.05, 4.69) is 15.5 Å². The predicted molar refractivity (Wildman–Crippen MR) is 167 cm³/mol. The topological polar surface area (TPSA) is 108 Å². The number of fused-ring (bicyclic) bond motifs is 1. The number of ether oxygens (including phenoxy) is 1. The van der Waals surface area contributed by atoms with Crippen LogP contribution in [0.2, 0.25) is 0 Å². The van der Waals surface area contributed by atoms with Gasteiger partial charge in [0.2, 0.25) is 10.0 Å². The number of nitrogens with one attached hydrogen (secondary N) is 2. The first kappa shape index (κ1) is 29.3. The number of anilines is 3. The van der Waals surface area contributed by atoms with E-state index in [9.17, 15) is 18.0 Å². The van der Waals surface area contributed by atoms with E-state index in [-0.39, 0.29) is 12.5 Å². The lowest BCUT2D eigenvalue weighted by Gasteiger charge is -2.30. The summed E-state index contributed by atoms with van der Waals surface area (Å²) in [7, 11) is -3.47. The maximum atomic E-state index is 13.3. The molecular formula is C32H36N4O5S. The van der Waals surface area contributed by atoms with Gasteiger partial charge in [-0.05, 0) is 74.8 Å². The Kier molecular flexibility index (Phi) is 8.94. The summed E-state index contributed by atoms with van der Waals surface area (Å²) in [4.78, 5) is 27.9. The van der Waals surface area contributed by atoms with Crippen LogP contribution in [0, 0.1) is 0 Å². The second-order valence-electron chi connectivity index (χ2n) is 10.5. The standard InChI is InChI=1S/C32H36N4O5S/c1-3-41-32(38)24-12-17-27-28(22-24)34-31(37)29(27)30(23-10-6-4-7-11-23)33-25-13-15-26(16-14-25)36(42(2,39)40)21-20-35-18-8-5-9-19-35/h4,6-7,10-17,22,33H,3,5,8-9,18-21H2,1-2H3,(H,34,37). The highest BCUT2D eigenvalue weighted by atomic mass is 32.2. The molecular weight excluding hydrogens is 552 g/mol. The molecule has 42 heavy (non-hydrogen) atoms. The third kappa shape index (κ3) is 6.66. The van der Waals surface area contributed by atoms with Gasteiger partial charge in [0.15, 0.2) is 0 Å². The van der Waals surface area contributed by atoms with Gasteiger partial charge in [0.1, 0.15) is 0 Å². The molecule has 2 N–H and O–H groups in total. The van der Waals surface area contributed by atoms with Crippen LogP contribution in [-0.2, 0) is 19.6 Å². The van der Waals surface area contributed by atoms with E-state index in [1.54, 1.807) is 37.3 Å². The number of hydrogen-bond acceptors (Lipinski definition) is 7. The Labute approximate surface area is 247 Å². The minimum absolute atomic E-state index is 0.259. The number of likely N-dealkylation sites (tertiary alicyclic amines) is 1. The quantitative estimate of drug-likeness (QED) is 0.252. The van der Waals surface area contributed by atoms with Gasteiger partial charge in [0.05, 0.1) is 41.1 Å². The number of esters is 1. The molecule has 0 spiro atoms. The summed E-state index contributed by atoms with van der Waals surface area (Å²) in [6.07, 6.45) is 4.75. The molecule has 1 amide bonds. The Morgan fingerprint density at radius 2 is 1.69 bits per heavy atom. The summed E-state index contributed by atoms with van der Waals surface area (Å²) in [6, 6.07) is 21.7. The van der Waals surface area contributed by atoms with Gasteiger partial charge in [-0.15, -0.1) is 0 Å². The minimum atomic E-state index is -3.47. The highest BCUT2D eigenvalue weighted by Crippen LogP contribution is 2.38. The summed E-state index contributed by atoms with van der Waals surface area (Å²) in [5, 5.41) is 6.29. The molecule has 1 fully saturated rings. The molecule has 2 aliphatic rings. The maximum absolute atomic E-state index is 13.3. The van der Waals surface area contributed by atoms with Crippen molar-refractivity contribution < 1.29 is 22.7 Å². The summed E-state index contributed by atoms with van der Waals surface area (Å²) in [5.41, 5.74) is 4.67. The minimum Gasteiger partial charge on any atom is -0.462 e. The number of piperidine rings is 1. The molecule has 0 unspecified atom stereocenters. The SMILES string of the molecule is CCOC(=O)c1ccc2c(c1)NC(=O)C2=C(Nc1ccc(N(CCN2CCCCC2)S(C)(=O)=O)cc1)c1ccccc1. The van der Waals surface area contributed by atoms with Crippen molar-refractivity contribution in [3.63, 3.8) is 0 Å². The average molecular weight is 589 g/mol. The molecule has 0 atom stereocenters. The van der Waals surface area contributed by atoms with Crippen molar-refractivity contribution in [2.75, 3.05) is 54.0 Å². The van der Waals surface area contributed by atoms with Gasteiger partial charge >= 0.3 is 5.97 Å². The fourth-order valence-corrected chi connectivity index (χ4v) is 6.32.